The van der Waals surface area contributed by atoms with E-state index in [1.54, 1.807) is 6.92 Å². The first-order valence-electron chi connectivity index (χ1n) is 3.57. The lowest BCUT2D eigenvalue weighted by Crippen LogP contribution is -2.20. The van der Waals surface area contributed by atoms with E-state index < -0.39 is 12.3 Å². The molecule has 5 heteroatoms. The van der Waals surface area contributed by atoms with E-state index in [0.717, 1.165) is 6.20 Å². The van der Waals surface area contributed by atoms with Gasteiger partial charge < -0.3 is 5.11 Å². The van der Waals surface area contributed by atoms with Gasteiger partial charge in [-0.3, -0.25) is 4.98 Å². The lowest BCUT2D eigenvalue weighted by Gasteiger charge is -2.14. The maximum Gasteiger partial charge on any atom is 0.418 e. The van der Waals surface area contributed by atoms with Crippen molar-refractivity contribution >= 4 is 0 Å². The molecule has 0 aliphatic rings. The number of halogens is 3. The molecule has 0 bridgehead atoms. The Labute approximate surface area is 73.0 Å². The first-order valence-corrected chi connectivity index (χ1v) is 3.57. The highest BCUT2D eigenvalue weighted by Crippen LogP contribution is 2.31. The molecule has 0 aromatic carbocycles. The lowest BCUT2D eigenvalue weighted by molar-refractivity contribution is -0.206. The van der Waals surface area contributed by atoms with Crippen LogP contribution in [0.3, 0.4) is 0 Å². The van der Waals surface area contributed by atoms with E-state index in [1.807, 2.05) is 0 Å². The van der Waals surface area contributed by atoms with Crippen LogP contribution in [-0.2, 0) is 0 Å². The van der Waals surface area contributed by atoms with E-state index in [4.69, 9.17) is 5.11 Å². The molecule has 0 radical (unpaired) electrons. The topological polar surface area (TPSA) is 33.1 Å². The van der Waals surface area contributed by atoms with Gasteiger partial charge in [0.2, 0.25) is 0 Å². The number of rotatable bonds is 1. The highest BCUT2D eigenvalue weighted by atomic mass is 19.4. The van der Waals surface area contributed by atoms with Crippen molar-refractivity contribution in [3.05, 3.63) is 29.6 Å². The van der Waals surface area contributed by atoms with Crippen LogP contribution in [0, 0.1) is 6.92 Å². The predicted octanol–water partition coefficient (Wildman–Crippen LogP) is 1.99. The number of aliphatic hydroxyl groups is 1. The van der Waals surface area contributed by atoms with Crippen molar-refractivity contribution in [2.75, 3.05) is 0 Å². The minimum absolute atomic E-state index is 0.229. The summed E-state index contributed by atoms with van der Waals surface area (Å²) in [6.07, 6.45) is -4.65. The summed E-state index contributed by atoms with van der Waals surface area (Å²) in [6.45, 7) is 1.61. The second-order valence-corrected chi connectivity index (χ2v) is 2.74. The molecule has 1 aromatic rings. The summed E-state index contributed by atoms with van der Waals surface area (Å²) in [5.74, 6) is 0. The standard InChI is InChI=1S/C8H8F3NO/c1-5-2-6(4-12-3-5)7(13)8(9,10)11/h2-4,7,13H,1H3. The molecule has 1 unspecified atom stereocenters. The third-order valence-corrected chi connectivity index (χ3v) is 1.52. The van der Waals surface area contributed by atoms with Crippen LogP contribution in [0.5, 0.6) is 0 Å². The Morgan fingerprint density at radius 3 is 2.46 bits per heavy atom. The van der Waals surface area contributed by atoms with Crippen LogP contribution in [0.4, 0.5) is 13.2 Å². The van der Waals surface area contributed by atoms with Gasteiger partial charge in [-0.2, -0.15) is 13.2 Å². The smallest absolute Gasteiger partial charge is 0.379 e. The van der Waals surface area contributed by atoms with Crippen LogP contribution >= 0.6 is 0 Å². The molecule has 72 valence electrons. The summed E-state index contributed by atoms with van der Waals surface area (Å²) in [7, 11) is 0. The van der Waals surface area contributed by atoms with Crippen LogP contribution < -0.4 is 0 Å². The monoisotopic (exact) mass is 191 g/mol. The van der Waals surface area contributed by atoms with Gasteiger partial charge >= 0.3 is 6.18 Å². The minimum Gasteiger partial charge on any atom is -0.379 e. The normalized spacial score (nSPS) is 14.2. The van der Waals surface area contributed by atoms with Gasteiger partial charge in [0.1, 0.15) is 0 Å². The van der Waals surface area contributed by atoms with Crippen LogP contribution in [0.25, 0.3) is 0 Å². The van der Waals surface area contributed by atoms with Crippen molar-refractivity contribution < 1.29 is 18.3 Å². The maximum atomic E-state index is 12.0. The summed E-state index contributed by atoms with van der Waals surface area (Å²) in [6, 6.07) is 1.26. The second kappa shape index (κ2) is 3.33. The fourth-order valence-corrected chi connectivity index (χ4v) is 0.917. The molecule has 1 rings (SSSR count). The van der Waals surface area contributed by atoms with E-state index in [9.17, 15) is 13.2 Å². The predicted molar refractivity (Wildman–Crippen MR) is 40.0 cm³/mol. The van der Waals surface area contributed by atoms with Gasteiger partial charge in [-0.25, -0.2) is 0 Å². The Morgan fingerprint density at radius 2 is 2.00 bits per heavy atom. The van der Waals surface area contributed by atoms with Crippen molar-refractivity contribution in [2.45, 2.75) is 19.2 Å². The number of hydrogen-bond donors (Lipinski definition) is 1. The molecule has 2 nitrogen and oxygen atoms in total. The number of pyridine rings is 1. The molecule has 1 heterocycles. The highest BCUT2D eigenvalue weighted by Gasteiger charge is 2.39. The van der Waals surface area contributed by atoms with Crippen molar-refractivity contribution in [1.29, 1.82) is 0 Å². The average Bonchev–Trinajstić information content (AvgIpc) is 2.01. The molecular formula is C8H8F3NO. The summed E-state index contributed by atoms with van der Waals surface area (Å²) < 4.78 is 36.0. The fraction of sp³-hybridized carbons (Fsp3) is 0.375. The Bertz CT molecular complexity index is 298. The average molecular weight is 191 g/mol. The largest absolute Gasteiger partial charge is 0.418 e. The molecule has 1 N–H and O–H groups in total. The lowest BCUT2D eigenvalue weighted by atomic mass is 10.1. The quantitative estimate of drug-likeness (QED) is 0.736. The van der Waals surface area contributed by atoms with E-state index in [2.05, 4.69) is 4.98 Å². The van der Waals surface area contributed by atoms with Crippen molar-refractivity contribution in [1.82, 2.24) is 4.98 Å². The third-order valence-electron chi connectivity index (χ3n) is 1.52. The maximum absolute atomic E-state index is 12.0. The number of hydrogen-bond acceptors (Lipinski definition) is 2. The molecule has 0 fully saturated rings. The van der Waals surface area contributed by atoms with Gasteiger partial charge in [0, 0.05) is 18.0 Å². The zero-order chi connectivity index (χ0) is 10.1. The summed E-state index contributed by atoms with van der Waals surface area (Å²) in [5, 5.41) is 8.82. The van der Waals surface area contributed by atoms with Crippen LogP contribution in [0.2, 0.25) is 0 Å². The summed E-state index contributed by atoms with van der Waals surface area (Å²) >= 11 is 0. The molecule has 0 aliphatic heterocycles. The molecule has 1 aromatic heterocycles. The van der Waals surface area contributed by atoms with Crippen LogP contribution in [0.1, 0.15) is 17.2 Å². The van der Waals surface area contributed by atoms with E-state index in [1.165, 1.54) is 12.3 Å². The van der Waals surface area contributed by atoms with Gasteiger partial charge in [-0.1, -0.05) is 6.07 Å². The molecule has 0 amide bonds. The fourth-order valence-electron chi connectivity index (χ4n) is 0.917. The van der Waals surface area contributed by atoms with Crippen LogP contribution in [0.15, 0.2) is 18.5 Å². The molecule has 0 aliphatic carbocycles. The van der Waals surface area contributed by atoms with E-state index in [0.29, 0.717) is 5.56 Å². The van der Waals surface area contributed by atoms with Gasteiger partial charge in [0.05, 0.1) is 0 Å². The number of aryl methyl sites for hydroxylation is 1. The molecule has 13 heavy (non-hydrogen) atoms. The molecule has 1 atom stereocenters. The van der Waals surface area contributed by atoms with E-state index >= 15 is 0 Å². The molecule has 0 saturated heterocycles. The Hall–Kier alpha value is -1.10. The first-order chi connectivity index (χ1) is 5.91. The van der Waals surface area contributed by atoms with Gasteiger partial charge in [0.15, 0.2) is 6.10 Å². The number of nitrogens with zero attached hydrogens (tertiary/aromatic N) is 1. The highest BCUT2D eigenvalue weighted by molar-refractivity contribution is 5.19. The van der Waals surface area contributed by atoms with Crippen molar-refractivity contribution in [2.24, 2.45) is 0 Å². The van der Waals surface area contributed by atoms with Crippen molar-refractivity contribution in [3.8, 4) is 0 Å². The minimum atomic E-state index is -4.63. The van der Waals surface area contributed by atoms with E-state index in [-0.39, 0.29) is 5.56 Å². The van der Waals surface area contributed by atoms with Gasteiger partial charge in [0.25, 0.3) is 0 Å². The zero-order valence-corrected chi connectivity index (χ0v) is 6.84. The Morgan fingerprint density at radius 1 is 1.38 bits per heavy atom. The Kier molecular flexibility index (Phi) is 2.56. The number of aromatic nitrogens is 1. The summed E-state index contributed by atoms with van der Waals surface area (Å²) in [5.41, 5.74) is 0.355. The SMILES string of the molecule is Cc1cncc(C(O)C(F)(F)F)c1. The van der Waals surface area contributed by atoms with Gasteiger partial charge in [-0.05, 0) is 12.5 Å². The number of alkyl halides is 3. The second-order valence-electron chi connectivity index (χ2n) is 2.74. The molecule has 0 spiro atoms. The van der Waals surface area contributed by atoms with Gasteiger partial charge in [-0.15, -0.1) is 0 Å². The molecule has 0 saturated carbocycles. The Balaban J connectivity index is 2.96. The first kappa shape index (κ1) is 9.98. The third kappa shape index (κ3) is 2.42. The zero-order valence-electron chi connectivity index (χ0n) is 6.84. The summed E-state index contributed by atoms with van der Waals surface area (Å²) in [4.78, 5) is 3.56. The molecular weight excluding hydrogens is 183 g/mol. The van der Waals surface area contributed by atoms with Crippen molar-refractivity contribution in [3.63, 3.8) is 0 Å². The van der Waals surface area contributed by atoms with Crippen LogP contribution in [-0.4, -0.2) is 16.3 Å². The number of aliphatic hydroxyl groups excluding tert-OH is 1.